The van der Waals surface area contributed by atoms with Gasteiger partial charge in [0.15, 0.2) is 0 Å². The summed E-state index contributed by atoms with van der Waals surface area (Å²) in [5.74, 6) is -0.795. The van der Waals surface area contributed by atoms with Gasteiger partial charge in [0, 0.05) is 6.42 Å². The molecule has 0 spiro atoms. The number of carbonyl (C=O) groups is 1. The van der Waals surface area contributed by atoms with Crippen molar-refractivity contribution in [2.24, 2.45) is 0 Å². The molecule has 0 aromatic carbocycles. The Kier molecular flexibility index (Phi) is 16.2. The van der Waals surface area contributed by atoms with E-state index in [1.165, 1.54) is 12.2 Å². The summed E-state index contributed by atoms with van der Waals surface area (Å²) in [4.78, 5) is 10.4. The highest BCUT2D eigenvalue weighted by atomic mass is 16.4. The Morgan fingerprint density at radius 3 is 2.07 bits per heavy atom. The SMILES string of the molecule is CC/C=C\C/C=C\C=C\[C@H](O)[C@H](O)/C=C/C=C\[C@@H](O)CCCCCC(=O)O. The Morgan fingerprint density at radius 2 is 1.44 bits per heavy atom. The van der Waals surface area contributed by atoms with Crippen molar-refractivity contribution in [1.29, 1.82) is 0 Å². The molecule has 0 radical (unpaired) electrons. The van der Waals surface area contributed by atoms with Crippen LogP contribution >= 0.6 is 0 Å². The fraction of sp³-hybridized carbons (Fsp3) is 0.500. The summed E-state index contributed by atoms with van der Waals surface area (Å²) in [6, 6.07) is 0. The van der Waals surface area contributed by atoms with E-state index < -0.39 is 24.3 Å². The topological polar surface area (TPSA) is 98.0 Å². The van der Waals surface area contributed by atoms with Gasteiger partial charge in [0.1, 0.15) is 12.2 Å². The van der Waals surface area contributed by atoms with Crippen LogP contribution in [0.4, 0.5) is 0 Å². The highest BCUT2D eigenvalue weighted by molar-refractivity contribution is 5.66. The van der Waals surface area contributed by atoms with Gasteiger partial charge < -0.3 is 20.4 Å². The van der Waals surface area contributed by atoms with E-state index in [0.29, 0.717) is 12.8 Å². The van der Waals surface area contributed by atoms with Gasteiger partial charge >= 0.3 is 5.97 Å². The highest BCUT2D eigenvalue weighted by Crippen LogP contribution is 2.07. The summed E-state index contributed by atoms with van der Waals surface area (Å²) in [6.07, 6.45) is 19.5. The number of aliphatic hydroxyl groups is 3. The molecule has 0 amide bonds. The Hall–Kier alpha value is -1.95. The summed E-state index contributed by atoms with van der Waals surface area (Å²) >= 11 is 0. The number of hydrogen-bond donors (Lipinski definition) is 4. The molecule has 0 unspecified atom stereocenters. The van der Waals surface area contributed by atoms with Gasteiger partial charge in [-0.3, -0.25) is 4.79 Å². The number of hydrogen-bond acceptors (Lipinski definition) is 4. The van der Waals surface area contributed by atoms with Gasteiger partial charge in [-0.15, -0.1) is 0 Å². The van der Waals surface area contributed by atoms with Crippen LogP contribution in [0.2, 0.25) is 0 Å². The van der Waals surface area contributed by atoms with E-state index in [0.717, 1.165) is 25.7 Å². The van der Waals surface area contributed by atoms with E-state index >= 15 is 0 Å². The second-order valence-electron chi connectivity index (χ2n) is 6.24. The summed E-state index contributed by atoms with van der Waals surface area (Å²) in [6.45, 7) is 2.08. The molecule has 0 saturated carbocycles. The monoisotopic (exact) mass is 378 g/mol. The average Bonchev–Trinajstić information content (AvgIpc) is 2.63. The molecule has 0 heterocycles. The van der Waals surface area contributed by atoms with Crippen LogP contribution in [0.3, 0.4) is 0 Å². The standard InChI is InChI=1S/C22H34O5/c1-2-3-4-5-6-7-10-16-20(24)21(25)17-13-12-15-19(23)14-9-8-11-18-22(26)27/h3-4,6-7,10,12-13,15-17,19-21,23-25H,2,5,8-9,11,14,18H2,1H3,(H,26,27)/b4-3-,7-6-,15-12-,16-10+,17-13+/t19-,20-,21+/m0/s1. The molecule has 3 atom stereocenters. The maximum atomic E-state index is 10.4. The molecule has 0 aromatic heterocycles. The minimum absolute atomic E-state index is 0.162. The first-order valence-electron chi connectivity index (χ1n) is 9.56. The molecule has 27 heavy (non-hydrogen) atoms. The number of aliphatic hydroxyl groups excluding tert-OH is 3. The van der Waals surface area contributed by atoms with Crippen LogP contribution in [-0.2, 0) is 4.79 Å². The van der Waals surface area contributed by atoms with Crippen molar-refractivity contribution >= 4 is 5.97 Å². The lowest BCUT2D eigenvalue weighted by Gasteiger charge is -2.09. The van der Waals surface area contributed by atoms with E-state index in [2.05, 4.69) is 19.1 Å². The quantitative estimate of drug-likeness (QED) is 0.198. The number of unbranched alkanes of at least 4 members (excludes halogenated alkanes) is 2. The van der Waals surface area contributed by atoms with E-state index in [-0.39, 0.29) is 6.42 Å². The van der Waals surface area contributed by atoms with Gasteiger partial charge in [0.05, 0.1) is 6.10 Å². The van der Waals surface area contributed by atoms with Gasteiger partial charge in [0.2, 0.25) is 0 Å². The summed E-state index contributed by atoms with van der Waals surface area (Å²) < 4.78 is 0. The molecule has 0 bridgehead atoms. The van der Waals surface area contributed by atoms with Crippen molar-refractivity contribution < 1.29 is 25.2 Å². The Bertz CT molecular complexity index is 517. The molecule has 0 aliphatic rings. The summed E-state index contributed by atoms with van der Waals surface area (Å²) in [5, 5.41) is 38.0. The molecular weight excluding hydrogens is 344 g/mol. The van der Waals surface area contributed by atoms with E-state index in [9.17, 15) is 20.1 Å². The number of aliphatic carboxylic acids is 1. The predicted molar refractivity (Wildman–Crippen MR) is 109 cm³/mol. The fourth-order valence-electron chi connectivity index (χ4n) is 2.18. The van der Waals surface area contributed by atoms with Crippen molar-refractivity contribution in [2.75, 3.05) is 0 Å². The van der Waals surface area contributed by atoms with Crippen LogP contribution in [0.1, 0.15) is 51.9 Å². The van der Waals surface area contributed by atoms with Crippen molar-refractivity contribution in [3.05, 3.63) is 60.8 Å². The number of carboxylic acid groups (broad SMARTS) is 1. The van der Waals surface area contributed by atoms with Crippen molar-refractivity contribution in [1.82, 2.24) is 0 Å². The van der Waals surface area contributed by atoms with Crippen molar-refractivity contribution in [2.45, 2.75) is 70.2 Å². The minimum atomic E-state index is -1.02. The largest absolute Gasteiger partial charge is 0.481 e. The molecule has 4 N–H and O–H groups in total. The first-order valence-corrected chi connectivity index (χ1v) is 9.56. The molecule has 0 aliphatic heterocycles. The molecule has 0 fully saturated rings. The summed E-state index contributed by atoms with van der Waals surface area (Å²) in [5.41, 5.74) is 0. The van der Waals surface area contributed by atoms with Crippen LogP contribution < -0.4 is 0 Å². The van der Waals surface area contributed by atoms with E-state index in [1.54, 1.807) is 24.3 Å². The van der Waals surface area contributed by atoms with Crippen LogP contribution in [-0.4, -0.2) is 44.7 Å². The first-order chi connectivity index (χ1) is 13.0. The maximum Gasteiger partial charge on any atom is 0.303 e. The third kappa shape index (κ3) is 17.2. The lowest BCUT2D eigenvalue weighted by Crippen LogP contribution is -2.20. The zero-order valence-electron chi connectivity index (χ0n) is 16.2. The molecular formula is C22H34O5. The molecule has 152 valence electrons. The third-order valence-electron chi connectivity index (χ3n) is 3.72. The van der Waals surface area contributed by atoms with Crippen molar-refractivity contribution in [3.8, 4) is 0 Å². The lowest BCUT2D eigenvalue weighted by molar-refractivity contribution is -0.137. The van der Waals surface area contributed by atoms with Crippen LogP contribution in [0.25, 0.3) is 0 Å². The number of carboxylic acids is 1. The zero-order valence-corrected chi connectivity index (χ0v) is 16.2. The molecule has 0 rings (SSSR count). The highest BCUT2D eigenvalue weighted by Gasteiger charge is 2.07. The van der Waals surface area contributed by atoms with E-state index in [1.807, 2.05) is 12.2 Å². The lowest BCUT2D eigenvalue weighted by atomic mass is 10.1. The first kappa shape index (κ1) is 25.1. The van der Waals surface area contributed by atoms with E-state index in [4.69, 9.17) is 5.11 Å². The van der Waals surface area contributed by atoms with Gasteiger partial charge in [-0.25, -0.2) is 0 Å². The maximum absolute atomic E-state index is 10.4. The predicted octanol–water partition coefficient (Wildman–Crippen LogP) is 3.69. The minimum Gasteiger partial charge on any atom is -0.481 e. The van der Waals surface area contributed by atoms with Crippen LogP contribution in [0.5, 0.6) is 0 Å². The molecule has 0 aromatic rings. The van der Waals surface area contributed by atoms with Crippen molar-refractivity contribution in [3.63, 3.8) is 0 Å². The normalized spacial score (nSPS) is 16.3. The van der Waals surface area contributed by atoms with Crippen LogP contribution in [0, 0.1) is 0 Å². The Labute approximate surface area is 162 Å². The number of allylic oxidation sites excluding steroid dienone is 7. The second-order valence-corrected chi connectivity index (χ2v) is 6.24. The molecule has 0 aliphatic carbocycles. The van der Waals surface area contributed by atoms with Crippen LogP contribution in [0.15, 0.2) is 60.8 Å². The molecule has 5 heteroatoms. The van der Waals surface area contributed by atoms with Gasteiger partial charge in [-0.05, 0) is 25.7 Å². The second kappa shape index (κ2) is 17.5. The average molecular weight is 379 g/mol. The Morgan fingerprint density at radius 1 is 0.815 bits per heavy atom. The van der Waals surface area contributed by atoms with Gasteiger partial charge in [-0.2, -0.15) is 0 Å². The molecule has 5 nitrogen and oxygen atoms in total. The Balaban J connectivity index is 4.01. The summed E-state index contributed by atoms with van der Waals surface area (Å²) in [7, 11) is 0. The third-order valence-corrected chi connectivity index (χ3v) is 3.72. The smallest absolute Gasteiger partial charge is 0.303 e. The number of rotatable bonds is 15. The molecule has 0 saturated heterocycles. The van der Waals surface area contributed by atoms with Gasteiger partial charge in [-0.1, -0.05) is 80.5 Å². The zero-order chi connectivity index (χ0) is 20.3. The fourth-order valence-corrected chi connectivity index (χ4v) is 2.18. The van der Waals surface area contributed by atoms with Gasteiger partial charge in [0.25, 0.3) is 0 Å².